The van der Waals surface area contributed by atoms with E-state index in [4.69, 9.17) is 9.53 Å². The molecule has 2 amide bonds. The fraction of sp³-hybridized carbons (Fsp3) is 0.464. The van der Waals surface area contributed by atoms with Crippen molar-refractivity contribution in [2.75, 3.05) is 39.2 Å². The number of anilines is 1. The van der Waals surface area contributed by atoms with Crippen molar-refractivity contribution in [3.05, 3.63) is 66.2 Å². The van der Waals surface area contributed by atoms with Gasteiger partial charge in [0.1, 0.15) is 12.9 Å². The van der Waals surface area contributed by atoms with Crippen LogP contribution in [-0.2, 0) is 25.7 Å². The van der Waals surface area contributed by atoms with Crippen molar-refractivity contribution in [3.63, 3.8) is 0 Å². The molecule has 2 atom stereocenters. The quantitative estimate of drug-likeness (QED) is 0.479. The van der Waals surface area contributed by atoms with Crippen LogP contribution in [0.3, 0.4) is 0 Å². The molecular formula is C28H43N3O5. The number of ether oxygens (including phenoxy) is 1. The number of likely N-dealkylation sites (tertiary alicyclic amines) is 1. The van der Waals surface area contributed by atoms with Crippen molar-refractivity contribution in [3.8, 4) is 0 Å². The molecule has 2 unspecified atom stereocenters. The average Bonchev–Trinajstić information content (AvgIpc) is 3.34. The van der Waals surface area contributed by atoms with E-state index in [0.29, 0.717) is 26.0 Å². The molecule has 8 heteroatoms. The molecule has 1 aliphatic heterocycles. The van der Waals surface area contributed by atoms with Gasteiger partial charge in [-0.05, 0) is 30.0 Å². The second-order valence-corrected chi connectivity index (χ2v) is 8.75. The third-order valence-electron chi connectivity index (χ3n) is 4.69. The maximum atomic E-state index is 12.0. The Balaban J connectivity index is 0.000000625. The Labute approximate surface area is 216 Å². The van der Waals surface area contributed by atoms with Crippen molar-refractivity contribution in [2.45, 2.75) is 39.8 Å². The lowest BCUT2D eigenvalue weighted by Gasteiger charge is -2.22. The van der Waals surface area contributed by atoms with Crippen LogP contribution in [-0.4, -0.2) is 68.5 Å². The summed E-state index contributed by atoms with van der Waals surface area (Å²) < 4.78 is 5.39. The van der Waals surface area contributed by atoms with Crippen LogP contribution in [0.5, 0.6) is 0 Å². The minimum Gasteiger partial charge on any atom is -0.394 e. The van der Waals surface area contributed by atoms with Crippen LogP contribution >= 0.6 is 0 Å². The van der Waals surface area contributed by atoms with E-state index in [1.165, 1.54) is 0 Å². The van der Waals surface area contributed by atoms with Gasteiger partial charge in [-0.3, -0.25) is 9.59 Å². The molecule has 0 saturated carbocycles. The monoisotopic (exact) mass is 501 g/mol. The van der Waals surface area contributed by atoms with Gasteiger partial charge in [0.25, 0.3) is 0 Å². The highest BCUT2D eigenvalue weighted by molar-refractivity contribution is 5.79. The topological polar surface area (TPSA) is 108 Å². The number of benzene rings is 2. The van der Waals surface area contributed by atoms with Gasteiger partial charge in [0.2, 0.25) is 12.3 Å². The first kappa shape index (κ1) is 32.8. The van der Waals surface area contributed by atoms with E-state index in [0.717, 1.165) is 23.5 Å². The highest BCUT2D eigenvalue weighted by atomic mass is 16.5. The minimum absolute atomic E-state index is 0.0308. The first-order chi connectivity index (χ1) is 17.3. The molecule has 3 N–H and O–H groups in total. The van der Waals surface area contributed by atoms with Crippen LogP contribution in [0.1, 0.15) is 32.8 Å². The number of nitrogens with zero attached hydrogens (tertiary/aromatic N) is 1. The van der Waals surface area contributed by atoms with Gasteiger partial charge in [-0.15, -0.1) is 0 Å². The summed E-state index contributed by atoms with van der Waals surface area (Å²) in [5.41, 5.74) is 2.17. The molecule has 0 aromatic heterocycles. The Kier molecular flexibility index (Phi) is 19.2. The Bertz CT molecular complexity index is 816. The van der Waals surface area contributed by atoms with Gasteiger partial charge in [-0.2, -0.15) is 0 Å². The first-order valence-electron chi connectivity index (χ1n) is 12.1. The van der Waals surface area contributed by atoms with Crippen molar-refractivity contribution < 1.29 is 24.2 Å². The zero-order valence-electron chi connectivity index (χ0n) is 22.2. The Hall–Kier alpha value is -3.23. The maximum Gasteiger partial charge on any atom is 0.248 e. The van der Waals surface area contributed by atoms with Crippen molar-refractivity contribution in [1.82, 2.24) is 10.2 Å². The first-order valence-corrected chi connectivity index (χ1v) is 12.1. The maximum absolute atomic E-state index is 12.0. The molecule has 1 heterocycles. The predicted octanol–water partition coefficient (Wildman–Crippen LogP) is 3.36. The zero-order chi connectivity index (χ0) is 27.2. The van der Waals surface area contributed by atoms with E-state index < -0.39 is 0 Å². The SMILES string of the molecule is CC(C)C.CNC=O.CNc1ccccc1.O=CC1CC(CO)N(C(=O)COCc2ccccc2)C1. The van der Waals surface area contributed by atoms with Gasteiger partial charge in [0, 0.05) is 32.2 Å². The smallest absolute Gasteiger partial charge is 0.248 e. The standard InChI is InChI=1S/C15H19NO4.C7H9N.C4H10.C2H5NO/c17-8-13-6-14(9-18)16(7-13)15(19)11-20-10-12-4-2-1-3-5-12;1-8-7-5-3-2-4-6-7;1-4(2)3;1-3-2-4/h1-5,8,13-14,18H,6-7,9-11H2;2-6,8H,1H3;4H,1-3H3;2H,1H3,(H,3,4). The summed E-state index contributed by atoms with van der Waals surface area (Å²) in [4.78, 5) is 33.4. The van der Waals surface area contributed by atoms with Gasteiger partial charge >= 0.3 is 0 Å². The summed E-state index contributed by atoms with van der Waals surface area (Å²) >= 11 is 0. The normalized spacial score (nSPS) is 15.7. The number of hydrogen-bond acceptors (Lipinski definition) is 6. The molecule has 0 aliphatic carbocycles. The highest BCUT2D eigenvalue weighted by Gasteiger charge is 2.34. The number of nitrogens with one attached hydrogen (secondary N) is 2. The zero-order valence-corrected chi connectivity index (χ0v) is 22.2. The Morgan fingerprint density at radius 2 is 1.58 bits per heavy atom. The number of aldehydes is 1. The molecule has 2 aromatic carbocycles. The van der Waals surface area contributed by atoms with Gasteiger partial charge in [0.15, 0.2) is 0 Å². The van der Waals surface area contributed by atoms with E-state index in [1.807, 2.05) is 67.7 Å². The number of para-hydroxylation sites is 1. The highest BCUT2D eigenvalue weighted by Crippen LogP contribution is 2.21. The molecule has 1 saturated heterocycles. The molecule has 2 aromatic rings. The lowest BCUT2D eigenvalue weighted by molar-refractivity contribution is -0.138. The molecule has 8 nitrogen and oxygen atoms in total. The molecular weight excluding hydrogens is 458 g/mol. The number of carbonyl (C=O) groups is 3. The van der Waals surface area contributed by atoms with Gasteiger partial charge in [0.05, 0.1) is 19.3 Å². The lowest BCUT2D eigenvalue weighted by Crippen LogP contribution is -2.40. The fourth-order valence-electron chi connectivity index (χ4n) is 3.05. The largest absolute Gasteiger partial charge is 0.394 e. The second-order valence-electron chi connectivity index (χ2n) is 8.75. The molecule has 1 fully saturated rings. The molecule has 0 radical (unpaired) electrons. The van der Waals surface area contributed by atoms with Crippen LogP contribution in [0.2, 0.25) is 0 Å². The molecule has 1 aliphatic rings. The Morgan fingerprint density at radius 3 is 2.00 bits per heavy atom. The van der Waals surface area contributed by atoms with E-state index in [1.54, 1.807) is 11.9 Å². The van der Waals surface area contributed by atoms with Crippen molar-refractivity contribution in [2.24, 2.45) is 11.8 Å². The predicted molar refractivity (Wildman–Crippen MR) is 144 cm³/mol. The number of hydrogen-bond donors (Lipinski definition) is 3. The van der Waals surface area contributed by atoms with Crippen LogP contribution < -0.4 is 10.6 Å². The van der Waals surface area contributed by atoms with Crippen LogP contribution in [0.15, 0.2) is 60.7 Å². The van der Waals surface area contributed by atoms with Gasteiger partial charge < -0.3 is 30.2 Å². The van der Waals surface area contributed by atoms with Crippen molar-refractivity contribution >= 4 is 24.3 Å². The molecule has 36 heavy (non-hydrogen) atoms. The number of amides is 2. The summed E-state index contributed by atoms with van der Waals surface area (Å²) in [7, 11) is 3.47. The van der Waals surface area contributed by atoms with E-state index in [9.17, 15) is 14.7 Å². The number of carbonyl (C=O) groups excluding carboxylic acids is 3. The number of aliphatic hydroxyl groups is 1. The molecule has 0 bridgehead atoms. The third kappa shape index (κ3) is 15.6. The molecule has 200 valence electrons. The molecule has 0 spiro atoms. The Morgan fingerprint density at radius 1 is 1.06 bits per heavy atom. The summed E-state index contributed by atoms with van der Waals surface area (Å²) in [6, 6.07) is 19.4. The summed E-state index contributed by atoms with van der Waals surface area (Å²) in [5.74, 6) is 0.481. The van der Waals surface area contributed by atoms with Crippen molar-refractivity contribution in [1.29, 1.82) is 0 Å². The van der Waals surface area contributed by atoms with E-state index in [-0.39, 0.29) is 31.1 Å². The molecule has 3 rings (SSSR count). The van der Waals surface area contributed by atoms with Crippen LogP contribution in [0.25, 0.3) is 0 Å². The summed E-state index contributed by atoms with van der Waals surface area (Å²) in [6.45, 7) is 7.11. The van der Waals surface area contributed by atoms with Gasteiger partial charge in [-0.1, -0.05) is 69.3 Å². The summed E-state index contributed by atoms with van der Waals surface area (Å²) in [5, 5.41) is 14.5. The minimum atomic E-state index is -0.266. The second kappa shape index (κ2) is 21.1. The number of aliphatic hydroxyl groups excluding tert-OH is 1. The van der Waals surface area contributed by atoms with Gasteiger partial charge in [-0.25, -0.2) is 0 Å². The lowest BCUT2D eigenvalue weighted by atomic mass is 10.1. The average molecular weight is 502 g/mol. The summed E-state index contributed by atoms with van der Waals surface area (Å²) in [6.07, 6.45) is 2.01. The van der Waals surface area contributed by atoms with Crippen LogP contribution in [0, 0.1) is 11.8 Å². The number of rotatable bonds is 8. The fourth-order valence-corrected chi connectivity index (χ4v) is 3.05. The third-order valence-corrected chi connectivity index (χ3v) is 4.69. The van der Waals surface area contributed by atoms with E-state index in [2.05, 4.69) is 31.4 Å². The van der Waals surface area contributed by atoms with Crippen LogP contribution in [0.4, 0.5) is 5.69 Å². The van der Waals surface area contributed by atoms with E-state index >= 15 is 0 Å².